The lowest BCUT2D eigenvalue weighted by Crippen LogP contribution is -2.33. The summed E-state index contributed by atoms with van der Waals surface area (Å²) in [6.07, 6.45) is 2.17. The molecular formula is C16H25N3O2. The van der Waals surface area contributed by atoms with Gasteiger partial charge in [0.05, 0.1) is 17.0 Å². The monoisotopic (exact) mass is 291 g/mol. The highest BCUT2D eigenvalue weighted by atomic mass is 16.3. The van der Waals surface area contributed by atoms with Crippen LogP contribution in [-0.2, 0) is 0 Å². The highest BCUT2D eigenvalue weighted by Gasteiger charge is 2.27. The highest BCUT2D eigenvalue weighted by molar-refractivity contribution is 5.96. The van der Waals surface area contributed by atoms with Crippen LogP contribution in [0.25, 0.3) is 0 Å². The van der Waals surface area contributed by atoms with Gasteiger partial charge in [0.15, 0.2) is 0 Å². The summed E-state index contributed by atoms with van der Waals surface area (Å²) >= 11 is 0. The van der Waals surface area contributed by atoms with Gasteiger partial charge in [0.25, 0.3) is 5.91 Å². The molecule has 0 radical (unpaired) electrons. The van der Waals surface area contributed by atoms with Gasteiger partial charge in [-0.2, -0.15) is 0 Å². The molecule has 1 unspecified atom stereocenters. The predicted octanol–water partition coefficient (Wildman–Crippen LogP) is 1.71. The van der Waals surface area contributed by atoms with Crippen LogP contribution in [0.15, 0.2) is 18.2 Å². The van der Waals surface area contributed by atoms with Crippen LogP contribution in [0.3, 0.4) is 0 Å². The Morgan fingerprint density at radius 2 is 2.05 bits per heavy atom. The number of carbonyl (C=O) groups is 1. The van der Waals surface area contributed by atoms with Gasteiger partial charge in [0, 0.05) is 32.7 Å². The van der Waals surface area contributed by atoms with Gasteiger partial charge in [-0.25, -0.2) is 0 Å². The molecule has 5 nitrogen and oxygen atoms in total. The molecule has 2 rings (SSSR count). The second-order valence-corrected chi connectivity index (χ2v) is 6.31. The van der Waals surface area contributed by atoms with Gasteiger partial charge in [-0.05, 0) is 44.4 Å². The summed E-state index contributed by atoms with van der Waals surface area (Å²) in [6, 6.07) is 5.42. The van der Waals surface area contributed by atoms with Crippen LogP contribution in [-0.4, -0.2) is 48.7 Å². The fourth-order valence-corrected chi connectivity index (χ4v) is 2.74. The van der Waals surface area contributed by atoms with Crippen molar-refractivity contribution < 1.29 is 9.90 Å². The number of nitrogens with zero attached hydrogens (tertiary/aromatic N) is 2. The van der Waals surface area contributed by atoms with E-state index in [2.05, 4.69) is 0 Å². The number of nitrogen functional groups attached to an aromatic ring is 1. The molecule has 1 aromatic rings. The zero-order valence-corrected chi connectivity index (χ0v) is 13.1. The number of benzene rings is 1. The highest BCUT2D eigenvalue weighted by Crippen LogP contribution is 2.25. The molecule has 0 spiro atoms. The van der Waals surface area contributed by atoms with Crippen LogP contribution < -0.4 is 10.6 Å². The van der Waals surface area contributed by atoms with E-state index in [9.17, 15) is 9.90 Å². The van der Waals surface area contributed by atoms with Crippen LogP contribution >= 0.6 is 0 Å². The Bertz CT molecular complexity index is 526. The standard InChI is InChI=1S/C16H25N3O2/c1-16(21)7-4-9-19(10-8-16)15(20)12-5-6-14(18(2)3)13(17)11-12/h5-6,11,21H,4,7-10,17H2,1-3H3. The van der Waals surface area contributed by atoms with Crippen molar-refractivity contribution in [1.82, 2.24) is 4.90 Å². The molecule has 21 heavy (non-hydrogen) atoms. The Kier molecular flexibility index (Phi) is 4.42. The average Bonchev–Trinajstić information content (AvgIpc) is 2.58. The van der Waals surface area contributed by atoms with E-state index in [-0.39, 0.29) is 5.91 Å². The second-order valence-electron chi connectivity index (χ2n) is 6.31. The number of hydrogen-bond acceptors (Lipinski definition) is 4. The maximum Gasteiger partial charge on any atom is 0.253 e. The summed E-state index contributed by atoms with van der Waals surface area (Å²) < 4.78 is 0. The van der Waals surface area contributed by atoms with Crippen molar-refractivity contribution in [2.75, 3.05) is 37.8 Å². The Morgan fingerprint density at radius 3 is 2.67 bits per heavy atom. The van der Waals surface area contributed by atoms with E-state index in [0.29, 0.717) is 30.8 Å². The normalized spacial score (nSPS) is 22.8. The molecule has 0 bridgehead atoms. The Labute approximate surface area is 126 Å². The molecule has 1 heterocycles. The number of hydrogen-bond donors (Lipinski definition) is 2. The molecule has 1 fully saturated rings. The first-order valence-electron chi connectivity index (χ1n) is 7.39. The molecule has 1 aliphatic heterocycles. The molecule has 5 heteroatoms. The Morgan fingerprint density at radius 1 is 1.33 bits per heavy atom. The van der Waals surface area contributed by atoms with E-state index in [4.69, 9.17) is 5.73 Å². The molecule has 0 aliphatic carbocycles. The van der Waals surface area contributed by atoms with Crippen LogP contribution in [0, 0.1) is 0 Å². The van der Waals surface area contributed by atoms with Crippen molar-refractivity contribution in [3.05, 3.63) is 23.8 Å². The van der Waals surface area contributed by atoms with Crippen molar-refractivity contribution in [1.29, 1.82) is 0 Å². The van der Waals surface area contributed by atoms with Crippen LogP contribution in [0.1, 0.15) is 36.5 Å². The lowest BCUT2D eigenvalue weighted by molar-refractivity contribution is 0.0438. The molecule has 0 aromatic heterocycles. The topological polar surface area (TPSA) is 69.8 Å². The van der Waals surface area contributed by atoms with Gasteiger partial charge in [-0.3, -0.25) is 4.79 Å². The zero-order chi connectivity index (χ0) is 15.6. The molecular weight excluding hydrogens is 266 g/mol. The number of amides is 1. The molecule has 1 atom stereocenters. The summed E-state index contributed by atoms with van der Waals surface area (Å²) in [5.41, 5.74) is 7.47. The van der Waals surface area contributed by atoms with Gasteiger partial charge in [0.2, 0.25) is 0 Å². The van der Waals surface area contributed by atoms with Gasteiger partial charge in [-0.1, -0.05) is 0 Å². The first kappa shape index (κ1) is 15.6. The maximum absolute atomic E-state index is 12.6. The molecule has 116 valence electrons. The number of rotatable bonds is 2. The molecule has 1 aliphatic rings. The molecule has 1 saturated heterocycles. The van der Waals surface area contributed by atoms with Gasteiger partial charge in [-0.15, -0.1) is 0 Å². The van der Waals surface area contributed by atoms with E-state index >= 15 is 0 Å². The van der Waals surface area contributed by atoms with Crippen LogP contribution in [0.2, 0.25) is 0 Å². The fraction of sp³-hybridized carbons (Fsp3) is 0.562. The smallest absolute Gasteiger partial charge is 0.253 e. The SMILES string of the molecule is CN(C)c1ccc(C(=O)N2CCCC(C)(O)CC2)cc1N. The lowest BCUT2D eigenvalue weighted by Gasteiger charge is -2.23. The van der Waals surface area contributed by atoms with E-state index in [1.165, 1.54) is 0 Å². The molecule has 1 aromatic carbocycles. The lowest BCUT2D eigenvalue weighted by atomic mass is 9.98. The largest absolute Gasteiger partial charge is 0.397 e. The van der Waals surface area contributed by atoms with Crippen molar-refractivity contribution in [3.63, 3.8) is 0 Å². The van der Waals surface area contributed by atoms with Crippen molar-refractivity contribution in [3.8, 4) is 0 Å². The third kappa shape index (κ3) is 3.67. The number of likely N-dealkylation sites (tertiary alicyclic amines) is 1. The first-order chi connectivity index (χ1) is 9.80. The van der Waals surface area contributed by atoms with E-state index in [0.717, 1.165) is 18.5 Å². The quantitative estimate of drug-likeness (QED) is 0.814. The predicted molar refractivity (Wildman–Crippen MR) is 85.6 cm³/mol. The number of carbonyl (C=O) groups excluding carboxylic acids is 1. The number of anilines is 2. The molecule has 0 saturated carbocycles. The summed E-state index contributed by atoms with van der Waals surface area (Å²) in [5, 5.41) is 10.1. The Hall–Kier alpha value is -1.75. The molecule has 3 N–H and O–H groups in total. The van der Waals surface area contributed by atoms with Crippen molar-refractivity contribution >= 4 is 17.3 Å². The zero-order valence-electron chi connectivity index (χ0n) is 13.1. The van der Waals surface area contributed by atoms with Gasteiger partial charge < -0.3 is 20.6 Å². The second kappa shape index (κ2) is 5.93. The minimum Gasteiger partial charge on any atom is -0.397 e. The summed E-state index contributed by atoms with van der Waals surface area (Å²) in [7, 11) is 3.84. The maximum atomic E-state index is 12.6. The summed E-state index contributed by atoms with van der Waals surface area (Å²) in [4.78, 5) is 16.3. The number of aliphatic hydroxyl groups is 1. The summed E-state index contributed by atoms with van der Waals surface area (Å²) in [6.45, 7) is 3.11. The van der Waals surface area contributed by atoms with Crippen molar-refractivity contribution in [2.24, 2.45) is 0 Å². The summed E-state index contributed by atoms with van der Waals surface area (Å²) in [5.74, 6) is -0.00953. The fourth-order valence-electron chi connectivity index (χ4n) is 2.74. The number of nitrogens with two attached hydrogens (primary N) is 1. The minimum atomic E-state index is -0.664. The van der Waals surface area contributed by atoms with Crippen LogP contribution in [0.4, 0.5) is 11.4 Å². The third-order valence-electron chi connectivity index (χ3n) is 4.11. The van der Waals surface area contributed by atoms with E-state index in [1.807, 2.05) is 43.0 Å². The van der Waals surface area contributed by atoms with Gasteiger partial charge in [0.1, 0.15) is 0 Å². The van der Waals surface area contributed by atoms with E-state index < -0.39 is 5.60 Å². The average molecular weight is 291 g/mol. The Balaban J connectivity index is 2.15. The minimum absolute atomic E-state index is 0.00953. The van der Waals surface area contributed by atoms with Crippen LogP contribution in [0.5, 0.6) is 0 Å². The molecule has 1 amide bonds. The third-order valence-corrected chi connectivity index (χ3v) is 4.11. The van der Waals surface area contributed by atoms with Crippen molar-refractivity contribution in [2.45, 2.75) is 31.8 Å². The van der Waals surface area contributed by atoms with E-state index in [1.54, 1.807) is 6.07 Å². The first-order valence-corrected chi connectivity index (χ1v) is 7.39. The van der Waals surface area contributed by atoms with Gasteiger partial charge >= 0.3 is 0 Å².